The van der Waals surface area contributed by atoms with Crippen molar-refractivity contribution in [3.05, 3.63) is 54.1 Å². The van der Waals surface area contributed by atoms with E-state index >= 15 is 0 Å². The first kappa shape index (κ1) is 21.7. The van der Waals surface area contributed by atoms with Crippen molar-refractivity contribution in [2.24, 2.45) is 0 Å². The fraction of sp³-hybridized carbons (Fsp3) is 0.286. The molecule has 4 N–H and O–H groups in total. The lowest BCUT2D eigenvalue weighted by molar-refractivity contribution is 0.0735. The average Bonchev–Trinajstić information content (AvgIpc) is 2.66. The first-order valence-electron chi connectivity index (χ1n) is 9.42. The Morgan fingerprint density at radius 3 is 2.28 bits per heavy atom. The SMILES string of the molecule is CCCNC(=O)Nc1cccc(OC(=O)c2cccc(NC(=O)NC(C)C)c2)c1. The van der Waals surface area contributed by atoms with Gasteiger partial charge in [0, 0.05) is 30.0 Å². The van der Waals surface area contributed by atoms with Gasteiger partial charge in [0.05, 0.1) is 5.56 Å². The summed E-state index contributed by atoms with van der Waals surface area (Å²) in [6, 6.07) is 12.3. The van der Waals surface area contributed by atoms with Crippen LogP contribution in [0, 0.1) is 0 Å². The number of rotatable bonds is 7. The number of hydrogen-bond acceptors (Lipinski definition) is 4. The van der Waals surface area contributed by atoms with Crippen LogP contribution in [0.25, 0.3) is 0 Å². The smallest absolute Gasteiger partial charge is 0.343 e. The molecule has 0 aliphatic carbocycles. The zero-order valence-corrected chi connectivity index (χ0v) is 16.7. The van der Waals surface area contributed by atoms with Crippen molar-refractivity contribution in [3.8, 4) is 5.75 Å². The fourth-order valence-corrected chi connectivity index (χ4v) is 2.37. The monoisotopic (exact) mass is 398 g/mol. The molecule has 0 aliphatic heterocycles. The molecule has 2 rings (SSSR count). The lowest BCUT2D eigenvalue weighted by atomic mass is 10.2. The van der Waals surface area contributed by atoms with Crippen molar-refractivity contribution >= 4 is 29.4 Å². The third-order valence-electron chi connectivity index (χ3n) is 3.61. The minimum Gasteiger partial charge on any atom is -0.423 e. The number of ether oxygens (including phenoxy) is 1. The summed E-state index contributed by atoms with van der Waals surface area (Å²) in [5.74, 6) is -0.287. The molecule has 2 aromatic carbocycles. The van der Waals surface area contributed by atoms with E-state index in [2.05, 4.69) is 21.3 Å². The lowest BCUT2D eigenvalue weighted by Crippen LogP contribution is -2.34. The normalized spacial score (nSPS) is 10.2. The summed E-state index contributed by atoms with van der Waals surface area (Å²) in [6.07, 6.45) is 0.831. The number of carbonyl (C=O) groups excluding carboxylic acids is 3. The van der Waals surface area contributed by atoms with E-state index in [1.807, 2.05) is 20.8 Å². The highest BCUT2D eigenvalue weighted by atomic mass is 16.5. The zero-order chi connectivity index (χ0) is 21.2. The van der Waals surface area contributed by atoms with Gasteiger partial charge in [0.15, 0.2) is 0 Å². The number of nitrogens with one attached hydrogen (secondary N) is 4. The summed E-state index contributed by atoms with van der Waals surface area (Å²) in [6.45, 7) is 6.23. The Hall–Kier alpha value is -3.55. The van der Waals surface area contributed by atoms with Gasteiger partial charge in [0.1, 0.15) is 5.75 Å². The first-order valence-corrected chi connectivity index (χ1v) is 9.42. The molecule has 0 saturated carbocycles. The molecule has 8 heteroatoms. The molecule has 0 spiro atoms. The largest absolute Gasteiger partial charge is 0.423 e. The van der Waals surface area contributed by atoms with Crippen LogP contribution < -0.4 is 26.0 Å². The topological polar surface area (TPSA) is 109 Å². The van der Waals surface area contributed by atoms with E-state index < -0.39 is 5.97 Å². The van der Waals surface area contributed by atoms with E-state index in [9.17, 15) is 14.4 Å². The van der Waals surface area contributed by atoms with Crippen LogP contribution in [-0.4, -0.2) is 30.6 Å². The molecule has 4 amide bonds. The van der Waals surface area contributed by atoms with E-state index in [-0.39, 0.29) is 23.7 Å². The molecule has 0 aliphatic rings. The molecule has 29 heavy (non-hydrogen) atoms. The Morgan fingerprint density at radius 2 is 1.59 bits per heavy atom. The van der Waals surface area contributed by atoms with Gasteiger partial charge in [-0.05, 0) is 50.6 Å². The second-order valence-corrected chi connectivity index (χ2v) is 6.63. The van der Waals surface area contributed by atoms with Crippen LogP contribution in [0.4, 0.5) is 21.0 Å². The van der Waals surface area contributed by atoms with Crippen molar-refractivity contribution in [3.63, 3.8) is 0 Å². The molecule has 0 aromatic heterocycles. The van der Waals surface area contributed by atoms with Crippen molar-refractivity contribution in [1.29, 1.82) is 0 Å². The second kappa shape index (κ2) is 10.7. The van der Waals surface area contributed by atoms with Crippen LogP contribution in [0.3, 0.4) is 0 Å². The lowest BCUT2D eigenvalue weighted by Gasteiger charge is -2.11. The van der Waals surface area contributed by atoms with Gasteiger partial charge in [-0.3, -0.25) is 0 Å². The molecule has 0 radical (unpaired) electrons. The molecule has 0 saturated heterocycles. The summed E-state index contributed by atoms with van der Waals surface area (Å²) < 4.78 is 5.39. The molecule has 154 valence electrons. The van der Waals surface area contributed by atoms with Crippen LogP contribution in [0.5, 0.6) is 5.75 Å². The Balaban J connectivity index is 2.01. The maximum Gasteiger partial charge on any atom is 0.343 e. The highest BCUT2D eigenvalue weighted by molar-refractivity contribution is 5.95. The Bertz CT molecular complexity index is 867. The summed E-state index contributed by atoms with van der Waals surface area (Å²) in [5, 5.41) is 10.8. The van der Waals surface area contributed by atoms with E-state index in [0.717, 1.165) is 6.42 Å². The van der Waals surface area contributed by atoms with Gasteiger partial charge in [0.25, 0.3) is 0 Å². The Kier molecular flexibility index (Phi) is 8.02. The summed E-state index contributed by atoms with van der Waals surface area (Å²) in [4.78, 5) is 36.0. The molecular weight excluding hydrogens is 372 g/mol. The number of esters is 1. The third-order valence-corrected chi connectivity index (χ3v) is 3.61. The minimum atomic E-state index is -0.578. The molecule has 0 unspecified atom stereocenters. The standard InChI is InChI=1S/C21H26N4O4/c1-4-11-22-20(27)24-17-9-6-10-18(13-17)29-19(26)15-7-5-8-16(12-15)25-21(28)23-14(2)3/h5-10,12-14H,4,11H2,1-3H3,(H2,22,24,27)(H2,23,25,28). The molecule has 8 nitrogen and oxygen atoms in total. The molecule has 0 fully saturated rings. The summed E-state index contributed by atoms with van der Waals surface area (Å²) >= 11 is 0. The van der Waals surface area contributed by atoms with Gasteiger partial charge < -0.3 is 26.0 Å². The van der Waals surface area contributed by atoms with Crippen LogP contribution in [0.15, 0.2) is 48.5 Å². The van der Waals surface area contributed by atoms with E-state index in [1.165, 1.54) is 6.07 Å². The fourth-order valence-electron chi connectivity index (χ4n) is 2.37. The van der Waals surface area contributed by atoms with E-state index in [0.29, 0.717) is 23.7 Å². The number of urea groups is 2. The summed E-state index contributed by atoms with van der Waals surface area (Å²) in [7, 11) is 0. The van der Waals surface area contributed by atoms with E-state index in [4.69, 9.17) is 4.74 Å². The third kappa shape index (κ3) is 7.53. The molecule has 2 aromatic rings. The number of anilines is 2. The first-order chi connectivity index (χ1) is 13.9. The Morgan fingerprint density at radius 1 is 0.931 bits per heavy atom. The maximum absolute atomic E-state index is 12.5. The number of benzene rings is 2. The molecule has 0 atom stereocenters. The van der Waals surface area contributed by atoms with Gasteiger partial charge in [0.2, 0.25) is 0 Å². The molecule has 0 bridgehead atoms. The Labute approximate surface area is 170 Å². The van der Waals surface area contributed by atoms with Gasteiger partial charge >= 0.3 is 18.0 Å². The van der Waals surface area contributed by atoms with Crippen LogP contribution >= 0.6 is 0 Å². The minimum absolute atomic E-state index is 0.00640. The average molecular weight is 398 g/mol. The quantitative estimate of drug-likeness (QED) is 0.418. The van der Waals surface area contributed by atoms with Crippen molar-refractivity contribution < 1.29 is 19.1 Å². The zero-order valence-electron chi connectivity index (χ0n) is 16.7. The highest BCUT2D eigenvalue weighted by Crippen LogP contribution is 2.19. The van der Waals surface area contributed by atoms with Gasteiger partial charge in [-0.25, -0.2) is 14.4 Å². The second-order valence-electron chi connectivity index (χ2n) is 6.63. The molecule has 0 heterocycles. The van der Waals surface area contributed by atoms with Crippen LogP contribution in [0.1, 0.15) is 37.6 Å². The molecular formula is C21H26N4O4. The van der Waals surface area contributed by atoms with E-state index in [1.54, 1.807) is 42.5 Å². The summed E-state index contributed by atoms with van der Waals surface area (Å²) in [5.41, 5.74) is 1.26. The predicted octanol–water partition coefficient (Wildman–Crippen LogP) is 3.97. The van der Waals surface area contributed by atoms with Crippen LogP contribution in [-0.2, 0) is 0 Å². The highest BCUT2D eigenvalue weighted by Gasteiger charge is 2.11. The van der Waals surface area contributed by atoms with Crippen molar-refractivity contribution in [2.45, 2.75) is 33.2 Å². The van der Waals surface area contributed by atoms with Gasteiger partial charge in [-0.1, -0.05) is 19.1 Å². The number of carbonyl (C=O) groups is 3. The van der Waals surface area contributed by atoms with Crippen molar-refractivity contribution in [2.75, 3.05) is 17.2 Å². The van der Waals surface area contributed by atoms with Gasteiger partial charge in [-0.2, -0.15) is 0 Å². The van der Waals surface area contributed by atoms with Crippen molar-refractivity contribution in [1.82, 2.24) is 10.6 Å². The van der Waals surface area contributed by atoms with Crippen LogP contribution in [0.2, 0.25) is 0 Å². The number of hydrogen-bond donors (Lipinski definition) is 4. The van der Waals surface area contributed by atoms with Gasteiger partial charge in [-0.15, -0.1) is 0 Å². The predicted molar refractivity (Wildman–Crippen MR) is 112 cm³/mol. The maximum atomic E-state index is 12.5. The number of amides is 4.